The number of likely N-dealkylation sites (tertiary alicyclic amines) is 1. The van der Waals surface area contributed by atoms with Crippen molar-refractivity contribution in [3.05, 3.63) is 60.4 Å². The molecule has 0 aliphatic carbocycles. The lowest BCUT2D eigenvalue weighted by molar-refractivity contribution is -0.146. The minimum atomic E-state index is -3.98. The molecule has 1 aliphatic heterocycles. The van der Waals surface area contributed by atoms with Crippen molar-refractivity contribution in [2.24, 2.45) is 0 Å². The number of nitrogens with zero attached hydrogens (tertiary/aromatic N) is 2. The quantitative estimate of drug-likeness (QED) is 0.562. The van der Waals surface area contributed by atoms with E-state index in [1.807, 2.05) is 0 Å². The molecular formula is C22H27FN2O6S2. The summed E-state index contributed by atoms with van der Waals surface area (Å²) in [6.07, 6.45) is 0.614. The van der Waals surface area contributed by atoms with Gasteiger partial charge in [0.15, 0.2) is 16.7 Å². The van der Waals surface area contributed by atoms with Gasteiger partial charge in [-0.3, -0.25) is 4.79 Å². The third kappa shape index (κ3) is 6.17. The van der Waals surface area contributed by atoms with E-state index < -0.39 is 44.4 Å². The highest BCUT2D eigenvalue weighted by atomic mass is 32.2. The van der Waals surface area contributed by atoms with Gasteiger partial charge in [-0.1, -0.05) is 18.2 Å². The maximum Gasteiger partial charge on any atom is 0.266 e. The number of sulfonamides is 1. The summed E-state index contributed by atoms with van der Waals surface area (Å²) >= 11 is -2.35. The van der Waals surface area contributed by atoms with Crippen molar-refractivity contribution in [1.29, 1.82) is 0 Å². The highest BCUT2D eigenvalue weighted by Gasteiger charge is 2.39. The summed E-state index contributed by atoms with van der Waals surface area (Å²) in [6.45, 7) is 3.76. The molecule has 1 heterocycles. The summed E-state index contributed by atoms with van der Waals surface area (Å²) in [5.41, 5.74) is -1.22. The molecule has 8 nitrogen and oxygen atoms in total. The van der Waals surface area contributed by atoms with E-state index in [0.717, 1.165) is 4.31 Å². The van der Waals surface area contributed by atoms with Gasteiger partial charge in [-0.2, -0.15) is 4.31 Å². The smallest absolute Gasteiger partial charge is 0.266 e. The van der Waals surface area contributed by atoms with Crippen LogP contribution in [0.3, 0.4) is 0 Å². The minimum absolute atomic E-state index is 0.0442. The lowest BCUT2D eigenvalue weighted by Crippen LogP contribution is -2.54. The van der Waals surface area contributed by atoms with E-state index in [-0.39, 0.29) is 23.9 Å². The van der Waals surface area contributed by atoms with E-state index in [9.17, 15) is 26.4 Å². The Morgan fingerprint density at radius 3 is 2.27 bits per heavy atom. The Morgan fingerprint density at radius 2 is 1.73 bits per heavy atom. The normalized spacial score (nSPS) is 16.6. The average Bonchev–Trinajstić information content (AvgIpc) is 2.79. The van der Waals surface area contributed by atoms with Crippen molar-refractivity contribution < 1.29 is 31.1 Å². The second kappa shape index (κ2) is 10.3. The van der Waals surface area contributed by atoms with Gasteiger partial charge in [0.25, 0.3) is 5.91 Å². The van der Waals surface area contributed by atoms with Crippen molar-refractivity contribution in [2.75, 3.05) is 19.0 Å². The fraction of sp³-hybridized carbons (Fsp3) is 0.409. The highest BCUT2D eigenvalue weighted by molar-refractivity contribution is 7.90. The molecule has 0 bridgehead atoms. The van der Waals surface area contributed by atoms with Crippen molar-refractivity contribution in [2.45, 2.75) is 43.2 Å². The number of hydrogen-bond acceptors (Lipinski definition) is 5. The van der Waals surface area contributed by atoms with Crippen LogP contribution in [0.4, 0.5) is 4.39 Å². The van der Waals surface area contributed by atoms with Crippen LogP contribution in [0.15, 0.2) is 59.5 Å². The fourth-order valence-electron chi connectivity index (χ4n) is 3.79. The molecule has 180 valence electrons. The number of amides is 1. The summed E-state index contributed by atoms with van der Waals surface area (Å²) < 4.78 is 67.2. The predicted octanol–water partition coefficient (Wildman–Crippen LogP) is 2.84. The average molecular weight is 499 g/mol. The fourth-order valence-corrected chi connectivity index (χ4v) is 6.42. The highest BCUT2D eigenvalue weighted by Crippen LogP contribution is 2.27. The summed E-state index contributed by atoms with van der Waals surface area (Å²) in [5.74, 6) is -0.884. The van der Waals surface area contributed by atoms with Gasteiger partial charge in [-0.25, -0.2) is 17.0 Å². The number of benzene rings is 2. The van der Waals surface area contributed by atoms with Crippen LogP contribution in [-0.4, -0.2) is 62.9 Å². The van der Waals surface area contributed by atoms with Crippen LogP contribution in [0.1, 0.15) is 26.7 Å². The SMILES string of the molecule is CC(C)(Oc1ccc(F)cc1)C(=O)N1CCC(N(CS(=O)O)S(=O)(=O)c2ccccc2)CC1. The molecule has 0 saturated carbocycles. The van der Waals surface area contributed by atoms with Crippen molar-refractivity contribution in [3.8, 4) is 5.75 Å². The zero-order valence-electron chi connectivity index (χ0n) is 18.4. The third-order valence-electron chi connectivity index (χ3n) is 5.45. The van der Waals surface area contributed by atoms with Crippen LogP contribution in [-0.2, 0) is 25.9 Å². The largest absolute Gasteiger partial charge is 0.478 e. The number of ether oxygens (including phenoxy) is 1. The zero-order chi connectivity index (χ0) is 24.2. The van der Waals surface area contributed by atoms with Crippen LogP contribution in [0.2, 0.25) is 0 Å². The van der Waals surface area contributed by atoms with Gasteiger partial charge in [-0.05, 0) is 63.1 Å². The molecule has 33 heavy (non-hydrogen) atoms. The second-order valence-electron chi connectivity index (χ2n) is 8.25. The first-order valence-electron chi connectivity index (χ1n) is 10.4. The van der Waals surface area contributed by atoms with E-state index in [2.05, 4.69) is 0 Å². The topological polar surface area (TPSA) is 104 Å². The molecule has 2 aromatic carbocycles. The molecule has 0 radical (unpaired) electrons. The molecule has 1 amide bonds. The number of piperidine rings is 1. The van der Waals surface area contributed by atoms with Crippen molar-refractivity contribution >= 4 is 27.0 Å². The van der Waals surface area contributed by atoms with E-state index in [1.54, 1.807) is 36.9 Å². The maximum atomic E-state index is 13.1. The molecule has 2 aromatic rings. The van der Waals surface area contributed by atoms with E-state index in [1.165, 1.54) is 36.4 Å². The van der Waals surface area contributed by atoms with Gasteiger partial charge in [0, 0.05) is 19.1 Å². The van der Waals surface area contributed by atoms with Crippen molar-refractivity contribution in [1.82, 2.24) is 9.21 Å². The summed E-state index contributed by atoms with van der Waals surface area (Å²) in [5, 5.41) is 0. The Balaban J connectivity index is 1.70. The summed E-state index contributed by atoms with van der Waals surface area (Å²) in [6, 6.07) is 12.6. The Labute approximate surface area is 195 Å². The predicted molar refractivity (Wildman–Crippen MR) is 122 cm³/mol. The summed E-state index contributed by atoms with van der Waals surface area (Å²) in [4.78, 5) is 14.7. The van der Waals surface area contributed by atoms with Gasteiger partial charge in [-0.15, -0.1) is 0 Å². The van der Waals surface area contributed by atoms with Gasteiger partial charge in [0.1, 0.15) is 17.4 Å². The Hall–Kier alpha value is -2.34. The van der Waals surface area contributed by atoms with Gasteiger partial charge < -0.3 is 14.2 Å². The molecule has 11 heteroatoms. The maximum absolute atomic E-state index is 13.1. The lowest BCUT2D eigenvalue weighted by Gasteiger charge is -2.39. The molecule has 1 unspecified atom stereocenters. The van der Waals surface area contributed by atoms with Gasteiger partial charge >= 0.3 is 0 Å². The first-order valence-corrected chi connectivity index (χ1v) is 13.1. The molecule has 0 spiro atoms. The number of hydrogen-bond donors (Lipinski definition) is 1. The first kappa shape index (κ1) is 25.3. The number of halogens is 1. The minimum Gasteiger partial charge on any atom is -0.478 e. The Kier molecular flexibility index (Phi) is 7.88. The number of carbonyl (C=O) groups excluding carboxylic acids is 1. The molecular weight excluding hydrogens is 471 g/mol. The van der Waals surface area contributed by atoms with Crippen LogP contribution < -0.4 is 4.74 Å². The molecule has 1 fully saturated rings. The van der Waals surface area contributed by atoms with Crippen LogP contribution in [0, 0.1) is 5.82 Å². The second-order valence-corrected chi connectivity index (χ2v) is 11.0. The Morgan fingerprint density at radius 1 is 1.15 bits per heavy atom. The van der Waals surface area contributed by atoms with Gasteiger partial charge in [0.05, 0.1) is 4.90 Å². The monoisotopic (exact) mass is 498 g/mol. The molecule has 1 saturated heterocycles. The molecule has 1 aliphatic rings. The lowest BCUT2D eigenvalue weighted by atomic mass is 10.0. The molecule has 1 atom stereocenters. The number of rotatable bonds is 8. The first-order chi connectivity index (χ1) is 15.5. The Bertz CT molecular complexity index is 1090. The van der Waals surface area contributed by atoms with E-state index >= 15 is 0 Å². The van der Waals surface area contributed by atoms with Crippen LogP contribution in [0.5, 0.6) is 5.75 Å². The van der Waals surface area contributed by atoms with Gasteiger partial charge in [0.2, 0.25) is 10.0 Å². The molecule has 0 aromatic heterocycles. The molecule has 1 N–H and O–H groups in total. The van der Waals surface area contributed by atoms with E-state index in [4.69, 9.17) is 4.74 Å². The van der Waals surface area contributed by atoms with Crippen molar-refractivity contribution in [3.63, 3.8) is 0 Å². The van der Waals surface area contributed by atoms with E-state index in [0.29, 0.717) is 18.6 Å². The van der Waals surface area contributed by atoms with Crippen LogP contribution in [0.25, 0.3) is 0 Å². The zero-order valence-corrected chi connectivity index (χ0v) is 20.0. The molecule has 3 rings (SSSR count). The standard InChI is InChI=1S/C22H27FN2O6S2/c1-22(2,31-19-10-8-17(23)9-11-19)21(26)24-14-12-18(13-15-24)25(16-32(27)28)33(29,30)20-6-4-3-5-7-20/h3-11,18H,12-16H2,1-2H3,(H,27,28). The third-order valence-corrected chi connectivity index (χ3v) is 8.02. The summed E-state index contributed by atoms with van der Waals surface area (Å²) in [7, 11) is -3.98. The van der Waals surface area contributed by atoms with Crippen LogP contribution >= 0.6 is 0 Å². The number of carbonyl (C=O) groups is 1.